The second-order valence-corrected chi connectivity index (χ2v) is 7.30. The Balaban J connectivity index is 1.90. The molecular formula is C17H17N5O3S. The van der Waals surface area contributed by atoms with Gasteiger partial charge in [0.15, 0.2) is 0 Å². The first kappa shape index (κ1) is 17.8. The highest BCUT2D eigenvalue weighted by atomic mass is 32.2. The standard InChI is InChI=1S/C17H17N5O3S/c18-16(19)13-6-4-5-12(9-13)10-15(17-21-20-11-25-17)22-26(23,24)14-7-2-1-3-8-14/h1-9,11,15,22H,10H2,(H3,18,19)/t15-/m0/s1. The van der Waals surface area contributed by atoms with Crippen LogP contribution in [0.15, 0.2) is 70.3 Å². The number of nitrogens with two attached hydrogens (primary N) is 1. The summed E-state index contributed by atoms with van der Waals surface area (Å²) in [5, 5.41) is 15.0. The van der Waals surface area contributed by atoms with Crippen LogP contribution in [0.5, 0.6) is 0 Å². The van der Waals surface area contributed by atoms with Crippen LogP contribution in [0.1, 0.15) is 23.1 Å². The van der Waals surface area contributed by atoms with Gasteiger partial charge in [-0.15, -0.1) is 10.2 Å². The van der Waals surface area contributed by atoms with Crippen LogP contribution < -0.4 is 10.5 Å². The largest absolute Gasteiger partial charge is 0.426 e. The second-order valence-electron chi connectivity index (χ2n) is 5.58. The second kappa shape index (κ2) is 7.46. The molecule has 0 aliphatic rings. The number of sulfonamides is 1. The van der Waals surface area contributed by atoms with Gasteiger partial charge in [0.25, 0.3) is 0 Å². The van der Waals surface area contributed by atoms with Crippen molar-refractivity contribution in [2.45, 2.75) is 17.4 Å². The molecule has 0 saturated carbocycles. The van der Waals surface area contributed by atoms with Gasteiger partial charge in [-0.25, -0.2) is 8.42 Å². The van der Waals surface area contributed by atoms with Crippen LogP contribution in [-0.4, -0.2) is 24.5 Å². The minimum absolute atomic E-state index is 0.0638. The lowest BCUT2D eigenvalue weighted by molar-refractivity contribution is 0.426. The lowest BCUT2D eigenvalue weighted by Gasteiger charge is -2.16. The number of nitrogen functional groups attached to an aromatic ring is 1. The molecule has 1 heterocycles. The van der Waals surface area contributed by atoms with Gasteiger partial charge in [-0.3, -0.25) is 5.41 Å². The van der Waals surface area contributed by atoms with E-state index in [2.05, 4.69) is 14.9 Å². The number of nitrogens with one attached hydrogen (secondary N) is 2. The molecule has 9 heteroatoms. The first-order valence-electron chi connectivity index (χ1n) is 7.72. The topological polar surface area (TPSA) is 135 Å². The molecule has 134 valence electrons. The molecule has 0 fully saturated rings. The van der Waals surface area contributed by atoms with Crippen LogP contribution in [0, 0.1) is 5.41 Å². The Morgan fingerprint density at radius 3 is 2.62 bits per heavy atom. The van der Waals surface area contributed by atoms with Crippen molar-refractivity contribution in [3.8, 4) is 0 Å². The number of hydrogen-bond donors (Lipinski definition) is 3. The Kier molecular flexibility index (Phi) is 5.10. The first-order chi connectivity index (χ1) is 12.5. The van der Waals surface area contributed by atoms with Crippen LogP contribution in [-0.2, 0) is 16.4 Å². The minimum atomic E-state index is -3.78. The number of rotatable bonds is 7. The Bertz CT molecular complexity index is 988. The van der Waals surface area contributed by atoms with E-state index in [1.807, 2.05) is 6.07 Å². The molecule has 4 N–H and O–H groups in total. The Morgan fingerprint density at radius 1 is 1.19 bits per heavy atom. The molecular weight excluding hydrogens is 354 g/mol. The summed E-state index contributed by atoms with van der Waals surface area (Å²) in [6.45, 7) is 0. The van der Waals surface area contributed by atoms with Gasteiger partial charge in [0.05, 0.1) is 4.90 Å². The van der Waals surface area contributed by atoms with Gasteiger partial charge in [0.2, 0.25) is 22.3 Å². The molecule has 0 spiro atoms. The summed E-state index contributed by atoms with van der Waals surface area (Å²) in [4.78, 5) is 0.141. The van der Waals surface area contributed by atoms with Crippen molar-refractivity contribution >= 4 is 15.9 Å². The van der Waals surface area contributed by atoms with Gasteiger partial charge < -0.3 is 10.2 Å². The van der Waals surface area contributed by atoms with Gasteiger partial charge in [-0.1, -0.05) is 36.4 Å². The molecule has 8 nitrogen and oxygen atoms in total. The fourth-order valence-corrected chi connectivity index (χ4v) is 3.68. The molecule has 1 aromatic heterocycles. The number of benzene rings is 2. The molecule has 2 aromatic carbocycles. The summed E-state index contributed by atoms with van der Waals surface area (Å²) in [6.07, 6.45) is 1.40. The molecule has 0 unspecified atom stereocenters. The summed E-state index contributed by atoms with van der Waals surface area (Å²) in [5.41, 5.74) is 6.84. The van der Waals surface area contributed by atoms with E-state index in [1.54, 1.807) is 36.4 Å². The summed E-state index contributed by atoms with van der Waals surface area (Å²) in [7, 11) is -3.78. The maximum absolute atomic E-state index is 12.6. The maximum Gasteiger partial charge on any atom is 0.241 e. The zero-order valence-electron chi connectivity index (χ0n) is 13.7. The van der Waals surface area contributed by atoms with E-state index in [-0.39, 0.29) is 23.0 Å². The van der Waals surface area contributed by atoms with E-state index in [1.165, 1.54) is 12.1 Å². The zero-order valence-corrected chi connectivity index (χ0v) is 14.5. The van der Waals surface area contributed by atoms with Crippen LogP contribution in [0.3, 0.4) is 0 Å². The molecule has 1 atom stereocenters. The molecule has 3 aromatic rings. The highest BCUT2D eigenvalue weighted by Gasteiger charge is 2.25. The Hall–Kier alpha value is -3.04. The van der Waals surface area contributed by atoms with Crippen molar-refractivity contribution in [2.75, 3.05) is 0 Å². The van der Waals surface area contributed by atoms with E-state index in [4.69, 9.17) is 15.6 Å². The third kappa shape index (κ3) is 4.13. The van der Waals surface area contributed by atoms with E-state index >= 15 is 0 Å². The average Bonchev–Trinajstić information content (AvgIpc) is 3.17. The van der Waals surface area contributed by atoms with Gasteiger partial charge in [-0.05, 0) is 30.2 Å². The summed E-state index contributed by atoms with van der Waals surface area (Å²) in [6, 6.07) is 14.3. The van der Waals surface area contributed by atoms with E-state index in [0.29, 0.717) is 5.56 Å². The van der Waals surface area contributed by atoms with E-state index < -0.39 is 16.1 Å². The van der Waals surface area contributed by atoms with Gasteiger partial charge >= 0.3 is 0 Å². The SMILES string of the molecule is N=C(N)c1cccc(C[C@H](NS(=O)(=O)c2ccccc2)c2nnco2)c1. The predicted molar refractivity (Wildman–Crippen MR) is 95.0 cm³/mol. The summed E-state index contributed by atoms with van der Waals surface area (Å²) >= 11 is 0. The van der Waals surface area contributed by atoms with Gasteiger partial charge in [0.1, 0.15) is 11.9 Å². The maximum atomic E-state index is 12.6. The normalized spacial score (nSPS) is 12.6. The van der Waals surface area contributed by atoms with Gasteiger partial charge in [-0.2, -0.15) is 4.72 Å². The minimum Gasteiger partial charge on any atom is -0.426 e. The molecule has 26 heavy (non-hydrogen) atoms. The Labute approximate surface area is 150 Å². The van der Waals surface area contributed by atoms with Gasteiger partial charge in [0, 0.05) is 5.56 Å². The van der Waals surface area contributed by atoms with Crippen molar-refractivity contribution in [1.82, 2.24) is 14.9 Å². The molecule has 3 rings (SSSR count). The molecule has 0 bridgehead atoms. The van der Waals surface area contributed by atoms with Crippen LogP contribution in [0.4, 0.5) is 0 Å². The summed E-state index contributed by atoms with van der Waals surface area (Å²) < 4.78 is 33.1. The molecule has 0 radical (unpaired) electrons. The number of nitrogens with zero attached hydrogens (tertiary/aromatic N) is 2. The quantitative estimate of drug-likeness (QED) is 0.426. The lowest BCUT2D eigenvalue weighted by Crippen LogP contribution is -2.30. The number of amidine groups is 1. The van der Waals surface area contributed by atoms with Crippen molar-refractivity contribution < 1.29 is 12.8 Å². The predicted octanol–water partition coefficient (Wildman–Crippen LogP) is 1.62. The highest BCUT2D eigenvalue weighted by Crippen LogP contribution is 2.20. The monoisotopic (exact) mass is 371 g/mol. The number of aromatic nitrogens is 2. The van der Waals surface area contributed by atoms with Crippen molar-refractivity contribution in [2.24, 2.45) is 5.73 Å². The molecule has 0 saturated heterocycles. The van der Waals surface area contributed by atoms with Crippen molar-refractivity contribution in [3.63, 3.8) is 0 Å². The van der Waals surface area contributed by atoms with Crippen molar-refractivity contribution in [1.29, 1.82) is 5.41 Å². The van der Waals surface area contributed by atoms with E-state index in [9.17, 15) is 8.42 Å². The molecule has 0 aliphatic heterocycles. The fraction of sp³-hybridized carbons (Fsp3) is 0.118. The lowest BCUT2D eigenvalue weighted by atomic mass is 10.0. The third-order valence-corrected chi connectivity index (χ3v) is 5.19. The first-order valence-corrected chi connectivity index (χ1v) is 9.21. The van der Waals surface area contributed by atoms with Crippen molar-refractivity contribution in [3.05, 3.63) is 78.0 Å². The van der Waals surface area contributed by atoms with E-state index in [0.717, 1.165) is 12.0 Å². The Morgan fingerprint density at radius 2 is 1.96 bits per heavy atom. The molecule has 0 aliphatic carbocycles. The van der Waals surface area contributed by atoms with Crippen LogP contribution in [0.2, 0.25) is 0 Å². The van der Waals surface area contributed by atoms with Crippen LogP contribution in [0.25, 0.3) is 0 Å². The smallest absolute Gasteiger partial charge is 0.241 e. The van der Waals surface area contributed by atoms with Crippen LogP contribution >= 0.6 is 0 Å². The zero-order chi connectivity index (χ0) is 18.6. The molecule has 0 amide bonds. The fourth-order valence-electron chi connectivity index (χ4n) is 2.47. The number of hydrogen-bond acceptors (Lipinski definition) is 6. The average molecular weight is 371 g/mol. The highest BCUT2D eigenvalue weighted by molar-refractivity contribution is 7.89. The summed E-state index contributed by atoms with van der Waals surface area (Å²) in [5.74, 6) is 0.0868. The third-order valence-electron chi connectivity index (χ3n) is 3.70.